The molecule has 3 aliphatic heterocycles. The summed E-state index contributed by atoms with van der Waals surface area (Å²) < 4.78 is 20.2. The summed E-state index contributed by atoms with van der Waals surface area (Å²) in [6.07, 6.45) is 5.68. The van der Waals surface area contributed by atoms with E-state index in [9.17, 15) is 9.18 Å². The molecule has 0 radical (unpaired) electrons. The number of carbonyl (C=O) groups is 1. The summed E-state index contributed by atoms with van der Waals surface area (Å²) in [6.45, 7) is 6.51. The molecule has 4 unspecified atom stereocenters. The average molecular weight is 446 g/mol. The van der Waals surface area contributed by atoms with E-state index >= 15 is 0 Å². The van der Waals surface area contributed by atoms with Gasteiger partial charge in [-0.15, -0.1) is 0 Å². The van der Waals surface area contributed by atoms with Crippen LogP contribution in [0.1, 0.15) is 36.8 Å². The number of anilines is 1. The fourth-order valence-electron chi connectivity index (χ4n) is 5.81. The van der Waals surface area contributed by atoms with Crippen molar-refractivity contribution in [1.29, 1.82) is 0 Å². The fraction of sp³-hybridized carbons (Fsp3) is 0.708. The number of halogens is 1. The van der Waals surface area contributed by atoms with Crippen molar-refractivity contribution in [2.24, 2.45) is 0 Å². The molecule has 0 aromatic heterocycles. The lowest BCUT2D eigenvalue weighted by Crippen LogP contribution is -2.54. The molecule has 5 atom stereocenters. The lowest BCUT2D eigenvalue weighted by atomic mass is 9.89. The number of carbonyl (C=O) groups excluding carboxylic acids is 1. The lowest BCUT2D eigenvalue weighted by Gasteiger charge is -2.42. The molecule has 5 rings (SSSR count). The first kappa shape index (κ1) is 22.1. The molecular weight excluding hydrogens is 409 g/mol. The first-order chi connectivity index (χ1) is 15.5. The van der Waals surface area contributed by atoms with E-state index in [0.717, 1.165) is 49.4 Å². The van der Waals surface area contributed by atoms with Crippen LogP contribution in [0.3, 0.4) is 0 Å². The number of likely N-dealkylation sites (N-methyl/N-ethyl adjacent to an activating group) is 1. The van der Waals surface area contributed by atoms with E-state index < -0.39 is 0 Å². The normalized spacial score (nSPS) is 32.9. The molecule has 7 nitrogen and oxygen atoms in total. The van der Waals surface area contributed by atoms with Gasteiger partial charge in [0.15, 0.2) is 0 Å². The van der Waals surface area contributed by atoms with Crippen LogP contribution in [0.2, 0.25) is 0 Å². The molecule has 3 N–H and O–H groups in total. The predicted octanol–water partition coefficient (Wildman–Crippen LogP) is 1.46. The second kappa shape index (κ2) is 9.25. The van der Waals surface area contributed by atoms with Gasteiger partial charge in [0.1, 0.15) is 18.1 Å². The van der Waals surface area contributed by atoms with E-state index in [2.05, 4.69) is 25.8 Å². The van der Waals surface area contributed by atoms with Crippen molar-refractivity contribution >= 4 is 11.6 Å². The van der Waals surface area contributed by atoms with Crippen LogP contribution in [0.15, 0.2) is 12.1 Å². The Kier molecular flexibility index (Phi) is 6.38. The van der Waals surface area contributed by atoms with Crippen molar-refractivity contribution in [3.05, 3.63) is 29.1 Å². The summed E-state index contributed by atoms with van der Waals surface area (Å²) in [7, 11) is 1.70. The topological polar surface area (TPSA) is 72.2 Å². The summed E-state index contributed by atoms with van der Waals surface area (Å²) in [5.41, 5.74) is 2.86. The largest absolute Gasteiger partial charge is 0.379 e. The molecule has 32 heavy (non-hydrogen) atoms. The number of hydrogen-bond donors (Lipinski definition) is 3. The predicted molar refractivity (Wildman–Crippen MR) is 122 cm³/mol. The highest BCUT2D eigenvalue weighted by molar-refractivity contribution is 5.77. The maximum atomic E-state index is 14.2. The molecule has 1 aromatic rings. The van der Waals surface area contributed by atoms with Crippen LogP contribution < -0.4 is 16.0 Å². The Morgan fingerprint density at radius 1 is 1.25 bits per heavy atom. The molecule has 1 aliphatic carbocycles. The first-order valence-electron chi connectivity index (χ1n) is 12.1. The van der Waals surface area contributed by atoms with Gasteiger partial charge in [0.2, 0.25) is 5.91 Å². The maximum Gasteiger partial charge on any atom is 0.233 e. The number of ether oxygens (including phenoxy) is 1. The molecule has 3 heterocycles. The van der Waals surface area contributed by atoms with Crippen LogP contribution in [0.5, 0.6) is 0 Å². The van der Waals surface area contributed by atoms with Gasteiger partial charge < -0.3 is 15.4 Å². The fourth-order valence-corrected chi connectivity index (χ4v) is 5.81. The Hall–Kier alpha value is -1.74. The van der Waals surface area contributed by atoms with Gasteiger partial charge in [-0.2, -0.15) is 0 Å². The summed E-state index contributed by atoms with van der Waals surface area (Å²) >= 11 is 0. The summed E-state index contributed by atoms with van der Waals surface area (Å²) in [5.74, 6) is -0.0200. The second-order valence-corrected chi connectivity index (χ2v) is 9.86. The van der Waals surface area contributed by atoms with Crippen LogP contribution >= 0.6 is 0 Å². The van der Waals surface area contributed by atoms with Crippen molar-refractivity contribution in [1.82, 2.24) is 20.4 Å². The average Bonchev–Trinajstić information content (AvgIpc) is 3.41. The molecule has 3 fully saturated rings. The van der Waals surface area contributed by atoms with Gasteiger partial charge in [0, 0.05) is 63.0 Å². The van der Waals surface area contributed by atoms with E-state index in [0.29, 0.717) is 25.0 Å². The highest BCUT2D eigenvalue weighted by Gasteiger charge is 2.48. The number of piperazine rings is 1. The zero-order chi connectivity index (χ0) is 22.2. The highest BCUT2D eigenvalue weighted by Crippen LogP contribution is 2.38. The highest BCUT2D eigenvalue weighted by atomic mass is 19.1. The van der Waals surface area contributed by atoms with E-state index in [1.54, 1.807) is 13.1 Å². The third-order valence-electron chi connectivity index (χ3n) is 7.76. The van der Waals surface area contributed by atoms with Crippen molar-refractivity contribution in [3.63, 3.8) is 0 Å². The van der Waals surface area contributed by atoms with Crippen molar-refractivity contribution < 1.29 is 13.9 Å². The number of aryl methyl sites for hydroxylation is 1. The molecular formula is C24H36FN5O2. The molecule has 8 heteroatoms. The van der Waals surface area contributed by atoms with E-state index in [4.69, 9.17) is 4.74 Å². The molecule has 2 saturated heterocycles. The second-order valence-electron chi connectivity index (χ2n) is 9.86. The van der Waals surface area contributed by atoms with Crippen molar-refractivity contribution in [3.8, 4) is 0 Å². The van der Waals surface area contributed by atoms with Crippen LogP contribution in [-0.2, 0) is 16.0 Å². The molecule has 1 amide bonds. The Morgan fingerprint density at radius 2 is 2.06 bits per heavy atom. The van der Waals surface area contributed by atoms with E-state index in [1.807, 2.05) is 13.0 Å². The molecule has 0 bridgehead atoms. The first-order valence-corrected chi connectivity index (χ1v) is 12.1. The number of benzene rings is 1. The van der Waals surface area contributed by atoms with Crippen LogP contribution in [0.25, 0.3) is 0 Å². The van der Waals surface area contributed by atoms with Gasteiger partial charge >= 0.3 is 0 Å². The minimum Gasteiger partial charge on any atom is -0.379 e. The number of rotatable bonds is 6. The number of fused-ring (bicyclic) bond motifs is 1. The molecule has 1 aromatic carbocycles. The standard InChI is InChI=1S/C24H36FN5O2/c1-15-6-7-19(25)18-13-20(28-22(15)18)23-24(32-23)27-16-4-3-5-17(12-16)30-10-8-29(9-11-30)14-21(31)26-2/h6-7,16-17,20,23-24,27-28H,3-5,8-14H2,1-2H3,(H,26,31)/t16-,17?,20?,23?,24?/m1/s1. The molecule has 0 spiro atoms. The van der Waals surface area contributed by atoms with Gasteiger partial charge in [0.25, 0.3) is 0 Å². The van der Waals surface area contributed by atoms with Gasteiger partial charge in [0.05, 0.1) is 12.6 Å². The van der Waals surface area contributed by atoms with Gasteiger partial charge in [-0.25, -0.2) is 4.39 Å². The van der Waals surface area contributed by atoms with E-state index in [-0.39, 0.29) is 30.1 Å². The maximum absolute atomic E-state index is 14.2. The van der Waals surface area contributed by atoms with E-state index in [1.165, 1.54) is 19.3 Å². The van der Waals surface area contributed by atoms with Gasteiger partial charge in [-0.1, -0.05) is 12.5 Å². The molecule has 1 saturated carbocycles. The van der Waals surface area contributed by atoms with Crippen LogP contribution in [0, 0.1) is 12.7 Å². The quantitative estimate of drug-likeness (QED) is 0.576. The minimum absolute atomic E-state index is 0.0679. The zero-order valence-electron chi connectivity index (χ0n) is 19.2. The Morgan fingerprint density at radius 3 is 2.81 bits per heavy atom. The van der Waals surface area contributed by atoms with Gasteiger partial charge in [-0.05, 0) is 37.8 Å². The Balaban J connectivity index is 1.08. The number of amides is 1. The lowest BCUT2D eigenvalue weighted by molar-refractivity contribution is -0.122. The monoisotopic (exact) mass is 445 g/mol. The number of hydrogen-bond acceptors (Lipinski definition) is 6. The van der Waals surface area contributed by atoms with Crippen molar-refractivity contribution in [2.45, 2.75) is 69.5 Å². The smallest absolute Gasteiger partial charge is 0.233 e. The van der Waals surface area contributed by atoms with Gasteiger partial charge in [-0.3, -0.25) is 19.9 Å². The Bertz CT molecular complexity index is 813. The van der Waals surface area contributed by atoms with Crippen LogP contribution in [-0.4, -0.2) is 85.9 Å². The summed E-state index contributed by atoms with van der Waals surface area (Å²) in [4.78, 5) is 16.5. The van der Waals surface area contributed by atoms with Crippen molar-refractivity contribution in [2.75, 3.05) is 45.1 Å². The summed E-state index contributed by atoms with van der Waals surface area (Å²) in [6, 6.07) is 4.63. The third-order valence-corrected chi connectivity index (χ3v) is 7.76. The Labute approximate surface area is 190 Å². The third kappa shape index (κ3) is 4.64. The number of nitrogens with one attached hydrogen (secondary N) is 3. The minimum atomic E-state index is -0.115. The molecule has 4 aliphatic rings. The SMILES string of the molecule is CNC(=O)CN1CCN(C2CCC[C@@H](NC3OC3C3Cc4c(F)ccc(C)c4N3)C2)CC1. The summed E-state index contributed by atoms with van der Waals surface area (Å²) in [5, 5.41) is 9.96. The number of epoxide rings is 1. The zero-order valence-corrected chi connectivity index (χ0v) is 19.2. The number of nitrogens with zero attached hydrogens (tertiary/aromatic N) is 2. The van der Waals surface area contributed by atoms with Crippen LogP contribution in [0.4, 0.5) is 10.1 Å². The molecule has 176 valence electrons.